The molecule has 1 aliphatic carbocycles. The monoisotopic (exact) mass is 574 g/mol. The van der Waals surface area contributed by atoms with Gasteiger partial charge >= 0.3 is 5.69 Å². The van der Waals surface area contributed by atoms with E-state index in [1.807, 2.05) is 0 Å². The first-order chi connectivity index (χ1) is 19.9. The molecule has 12 heteroatoms. The second-order valence-electron chi connectivity index (χ2n) is 10.5. The SMILES string of the molecule is CCC(=O)Nc1cc(NC(C)=O)cc(-n2c(=O)n(C3CC3)c(=O)c3c(Nc4ccc(C)cc4F)n(C)c(=O)c(C)c32)c1. The highest BCUT2D eigenvalue weighted by molar-refractivity contribution is 5.96. The van der Waals surface area contributed by atoms with Crippen LogP contribution in [0, 0.1) is 19.7 Å². The maximum absolute atomic E-state index is 14.9. The molecule has 1 aliphatic rings. The van der Waals surface area contributed by atoms with Gasteiger partial charge in [0.25, 0.3) is 11.1 Å². The van der Waals surface area contributed by atoms with Gasteiger partial charge in [0.15, 0.2) is 0 Å². The number of anilines is 4. The first-order valence-corrected chi connectivity index (χ1v) is 13.6. The van der Waals surface area contributed by atoms with Crippen molar-refractivity contribution in [2.75, 3.05) is 16.0 Å². The van der Waals surface area contributed by atoms with Crippen molar-refractivity contribution in [2.45, 2.75) is 53.0 Å². The maximum Gasteiger partial charge on any atom is 0.336 e. The Morgan fingerprint density at radius 3 is 2.24 bits per heavy atom. The van der Waals surface area contributed by atoms with Crippen LogP contribution in [0.15, 0.2) is 50.8 Å². The minimum atomic E-state index is -0.674. The summed E-state index contributed by atoms with van der Waals surface area (Å²) in [5.41, 5.74) is -0.106. The second-order valence-corrected chi connectivity index (χ2v) is 10.5. The molecule has 4 aromatic rings. The summed E-state index contributed by atoms with van der Waals surface area (Å²) < 4.78 is 18.6. The lowest BCUT2D eigenvalue weighted by atomic mass is 10.1. The molecule has 2 aromatic heterocycles. The van der Waals surface area contributed by atoms with Crippen molar-refractivity contribution in [2.24, 2.45) is 7.05 Å². The Hall–Kier alpha value is -5.00. The molecule has 3 N–H and O–H groups in total. The molecule has 11 nitrogen and oxygen atoms in total. The summed E-state index contributed by atoms with van der Waals surface area (Å²) in [5, 5.41) is 8.36. The third kappa shape index (κ3) is 5.11. The lowest BCUT2D eigenvalue weighted by molar-refractivity contribution is -0.116. The average Bonchev–Trinajstić information content (AvgIpc) is 3.75. The van der Waals surface area contributed by atoms with Gasteiger partial charge in [0.1, 0.15) is 17.0 Å². The molecule has 0 spiro atoms. The minimum Gasteiger partial charge on any atom is -0.338 e. The van der Waals surface area contributed by atoms with Crippen LogP contribution in [0.1, 0.15) is 50.3 Å². The number of carbonyl (C=O) groups is 2. The highest BCUT2D eigenvalue weighted by Crippen LogP contribution is 2.34. The number of aryl methyl sites for hydroxylation is 2. The van der Waals surface area contributed by atoms with Crippen LogP contribution in [-0.2, 0) is 16.6 Å². The topological polar surface area (TPSA) is 136 Å². The number of fused-ring (bicyclic) bond motifs is 1. The van der Waals surface area contributed by atoms with Crippen molar-refractivity contribution in [3.63, 3.8) is 0 Å². The van der Waals surface area contributed by atoms with Gasteiger partial charge in [-0.05, 0) is 62.6 Å². The summed E-state index contributed by atoms with van der Waals surface area (Å²) in [6, 6.07) is 8.78. The average molecular weight is 575 g/mol. The van der Waals surface area contributed by atoms with E-state index in [0.717, 1.165) is 4.57 Å². The van der Waals surface area contributed by atoms with E-state index in [4.69, 9.17) is 0 Å². The van der Waals surface area contributed by atoms with Gasteiger partial charge < -0.3 is 16.0 Å². The molecule has 0 atom stereocenters. The molecular formula is C30H31FN6O5. The molecule has 1 fully saturated rings. The number of benzene rings is 2. The van der Waals surface area contributed by atoms with E-state index >= 15 is 0 Å². The van der Waals surface area contributed by atoms with Crippen molar-refractivity contribution in [1.82, 2.24) is 13.7 Å². The van der Waals surface area contributed by atoms with E-state index in [9.17, 15) is 28.4 Å². The molecule has 0 radical (unpaired) electrons. The van der Waals surface area contributed by atoms with Gasteiger partial charge in [0, 0.05) is 43.4 Å². The molecule has 0 unspecified atom stereocenters. The molecular weight excluding hydrogens is 543 g/mol. The van der Waals surface area contributed by atoms with Crippen LogP contribution in [0.25, 0.3) is 16.6 Å². The van der Waals surface area contributed by atoms with Gasteiger partial charge in [0.05, 0.1) is 16.9 Å². The summed E-state index contributed by atoms with van der Waals surface area (Å²) >= 11 is 0. The molecule has 0 saturated heterocycles. The molecule has 0 bridgehead atoms. The Morgan fingerprint density at radius 2 is 1.64 bits per heavy atom. The van der Waals surface area contributed by atoms with Gasteiger partial charge in [-0.2, -0.15) is 0 Å². The normalized spacial score (nSPS) is 12.8. The van der Waals surface area contributed by atoms with Crippen LogP contribution in [0.4, 0.5) is 27.3 Å². The number of hydrogen-bond donors (Lipinski definition) is 3. The van der Waals surface area contributed by atoms with Gasteiger partial charge in [0.2, 0.25) is 11.8 Å². The Morgan fingerprint density at radius 1 is 0.976 bits per heavy atom. The zero-order chi connectivity index (χ0) is 30.5. The van der Waals surface area contributed by atoms with Crippen molar-refractivity contribution in [3.8, 4) is 5.69 Å². The van der Waals surface area contributed by atoms with Crippen molar-refractivity contribution >= 4 is 45.6 Å². The van der Waals surface area contributed by atoms with Crippen LogP contribution >= 0.6 is 0 Å². The van der Waals surface area contributed by atoms with Crippen LogP contribution in [0.2, 0.25) is 0 Å². The van der Waals surface area contributed by atoms with Gasteiger partial charge in [-0.1, -0.05) is 13.0 Å². The molecule has 2 amide bonds. The number of nitrogens with zero attached hydrogens (tertiary/aromatic N) is 3. The summed E-state index contributed by atoms with van der Waals surface area (Å²) in [7, 11) is 1.47. The second kappa shape index (κ2) is 10.8. The van der Waals surface area contributed by atoms with E-state index in [-0.39, 0.29) is 63.6 Å². The summed E-state index contributed by atoms with van der Waals surface area (Å²) in [5.74, 6) is -1.23. The largest absolute Gasteiger partial charge is 0.338 e. The van der Waals surface area contributed by atoms with Crippen molar-refractivity contribution in [1.29, 1.82) is 0 Å². The lowest BCUT2D eigenvalue weighted by Gasteiger charge is -2.21. The van der Waals surface area contributed by atoms with Crippen molar-refractivity contribution in [3.05, 3.63) is 84.5 Å². The van der Waals surface area contributed by atoms with E-state index in [1.54, 1.807) is 26.0 Å². The van der Waals surface area contributed by atoms with E-state index in [2.05, 4.69) is 16.0 Å². The molecule has 1 saturated carbocycles. The van der Waals surface area contributed by atoms with Crippen molar-refractivity contribution < 1.29 is 14.0 Å². The number of rotatable bonds is 7. The highest BCUT2D eigenvalue weighted by atomic mass is 19.1. The molecule has 218 valence electrons. The van der Waals surface area contributed by atoms with Gasteiger partial charge in [-0.15, -0.1) is 0 Å². The van der Waals surface area contributed by atoms with E-state index in [0.29, 0.717) is 24.1 Å². The first kappa shape index (κ1) is 28.5. The number of pyridine rings is 1. The molecule has 0 aliphatic heterocycles. The highest BCUT2D eigenvalue weighted by Gasteiger charge is 2.32. The fourth-order valence-corrected chi connectivity index (χ4v) is 5.04. The molecule has 5 rings (SSSR count). The standard InChI is InChI=1S/C30H31FN6O5/c1-6-24(39)33-19-12-18(32-17(4)38)13-21(14-19)36-26-16(3)28(40)35(5)27(34-23-10-7-15(2)11-22(23)31)25(26)29(41)37(30(36)42)20-8-9-20/h7,10-14,20,34H,6,8-9H2,1-5H3,(H,32,38)(H,33,39). The zero-order valence-electron chi connectivity index (χ0n) is 23.9. The van der Waals surface area contributed by atoms with Gasteiger partial charge in [-0.3, -0.25) is 32.9 Å². The zero-order valence-corrected chi connectivity index (χ0v) is 23.9. The third-order valence-corrected chi connectivity index (χ3v) is 7.23. The molecule has 2 aromatic carbocycles. The Kier molecular flexibility index (Phi) is 7.31. The Balaban J connectivity index is 1.90. The summed E-state index contributed by atoms with van der Waals surface area (Å²) in [4.78, 5) is 65.8. The predicted molar refractivity (Wildman–Crippen MR) is 160 cm³/mol. The molecule has 2 heterocycles. The van der Waals surface area contributed by atoms with Crippen LogP contribution in [-0.4, -0.2) is 25.5 Å². The Bertz CT molecular complexity index is 1970. The summed E-state index contributed by atoms with van der Waals surface area (Å²) in [6.45, 7) is 6.25. The molecule has 42 heavy (non-hydrogen) atoms. The number of aromatic nitrogens is 3. The number of amides is 2. The third-order valence-electron chi connectivity index (χ3n) is 7.23. The lowest BCUT2D eigenvalue weighted by Crippen LogP contribution is -2.41. The first-order valence-electron chi connectivity index (χ1n) is 13.6. The Labute approximate surface area is 239 Å². The number of nitrogens with one attached hydrogen (secondary N) is 3. The van der Waals surface area contributed by atoms with Crippen LogP contribution in [0.5, 0.6) is 0 Å². The van der Waals surface area contributed by atoms with E-state index < -0.39 is 22.6 Å². The number of halogens is 1. The van der Waals surface area contributed by atoms with Gasteiger partial charge in [-0.25, -0.2) is 9.18 Å². The predicted octanol–water partition coefficient (Wildman–Crippen LogP) is 3.99. The number of hydrogen-bond acceptors (Lipinski definition) is 6. The number of carbonyl (C=O) groups excluding carboxylic acids is 2. The van der Waals surface area contributed by atoms with Crippen LogP contribution in [0.3, 0.4) is 0 Å². The minimum absolute atomic E-state index is 0.0187. The fraction of sp³-hybridized carbons (Fsp3) is 0.300. The summed E-state index contributed by atoms with van der Waals surface area (Å²) in [6.07, 6.45) is 1.42. The quantitative estimate of drug-likeness (QED) is 0.305. The van der Waals surface area contributed by atoms with Crippen LogP contribution < -0.4 is 32.8 Å². The van der Waals surface area contributed by atoms with E-state index in [1.165, 1.54) is 54.3 Å². The fourth-order valence-electron chi connectivity index (χ4n) is 5.04. The smallest absolute Gasteiger partial charge is 0.336 e. The maximum atomic E-state index is 14.9.